The van der Waals surface area contributed by atoms with Gasteiger partial charge in [-0.1, -0.05) is 19.1 Å². The molecular weight excluding hydrogens is 340 g/mol. The molecule has 1 unspecified atom stereocenters. The molecule has 0 bridgehead atoms. The van der Waals surface area contributed by atoms with Crippen LogP contribution in [-0.4, -0.2) is 48.1 Å². The van der Waals surface area contributed by atoms with Crippen molar-refractivity contribution in [1.82, 2.24) is 20.6 Å². The van der Waals surface area contributed by atoms with Crippen molar-refractivity contribution in [2.75, 3.05) is 31.1 Å². The van der Waals surface area contributed by atoms with E-state index in [2.05, 4.69) is 22.5 Å². The molecule has 0 saturated carbocycles. The van der Waals surface area contributed by atoms with Crippen molar-refractivity contribution in [2.24, 2.45) is 5.73 Å². The summed E-state index contributed by atoms with van der Waals surface area (Å²) in [5, 5.41) is 6.98. The maximum Gasteiger partial charge on any atom is 0.248 e. The molecule has 3 heterocycles. The van der Waals surface area contributed by atoms with Gasteiger partial charge in [0, 0.05) is 48.9 Å². The Labute approximate surface area is 159 Å². The second-order valence-corrected chi connectivity index (χ2v) is 7.17. The number of hydrogen-bond donors (Lipinski definition) is 3. The summed E-state index contributed by atoms with van der Waals surface area (Å²) in [5.41, 5.74) is 9.08. The van der Waals surface area contributed by atoms with Gasteiger partial charge in [-0.2, -0.15) is 0 Å². The van der Waals surface area contributed by atoms with E-state index in [9.17, 15) is 4.79 Å². The van der Waals surface area contributed by atoms with E-state index < -0.39 is 5.91 Å². The minimum absolute atomic E-state index is 0.427. The Bertz CT molecular complexity index is 835. The highest BCUT2D eigenvalue weighted by molar-refractivity contribution is 5.93. The van der Waals surface area contributed by atoms with Crippen LogP contribution in [0.25, 0.3) is 11.4 Å². The molecule has 4 N–H and O–H groups in total. The summed E-state index contributed by atoms with van der Waals surface area (Å²) >= 11 is 0. The molecule has 4 rings (SSSR count). The van der Waals surface area contributed by atoms with Crippen LogP contribution in [-0.2, 0) is 13.0 Å². The largest absolute Gasteiger partial charge is 0.366 e. The maximum absolute atomic E-state index is 11.3. The van der Waals surface area contributed by atoms with Crippen LogP contribution in [0.3, 0.4) is 0 Å². The molecule has 142 valence electrons. The van der Waals surface area contributed by atoms with Crippen molar-refractivity contribution in [1.29, 1.82) is 0 Å². The number of piperazine rings is 1. The lowest BCUT2D eigenvalue weighted by atomic mass is 10.0. The summed E-state index contributed by atoms with van der Waals surface area (Å²) in [5.74, 6) is 1.34. The van der Waals surface area contributed by atoms with Crippen LogP contribution in [0.4, 0.5) is 5.82 Å². The first-order valence-electron chi connectivity index (χ1n) is 9.64. The number of primary amides is 1. The zero-order valence-corrected chi connectivity index (χ0v) is 15.7. The summed E-state index contributed by atoms with van der Waals surface area (Å²) in [7, 11) is 0. The highest BCUT2D eigenvalue weighted by Crippen LogP contribution is 2.28. The number of rotatable bonds is 4. The fraction of sp³-hybridized carbons (Fsp3) is 0.450. The Balaban J connectivity index is 1.74. The summed E-state index contributed by atoms with van der Waals surface area (Å²) in [6, 6.07) is 7.69. The minimum Gasteiger partial charge on any atom is -0.366 e. The fourth-order valence-electron chi connectivity index (χ4n) is 3.81. The van der Waals surface area contributed by atoms with E-state index in [1.54, 1.807) is 12.1 Å². The van der Waals surface area contributed by atoms with E-state index in [-0.39, 0.29) is 0 Å². The van der Waals surface area contributed by atoms with Crippen molar-refractivity contribution >= 4 is 11.7 Å². The highest BCUT2D eigenvalue weighted by atomic mass is 16.1. The van der Waals surface area contributed by atoms with Crippen LogP contribution >= 0.6 is 0 Å². The third-order valence-electron chi connectivity index (χ3n) is 5.39. The third-order valence-corrected chi connectivity index (χ3v) is 5.39. The van der Waals surface area contributed by atoms with E-state index in [1.165, 1.54) is 5.56 Å². The molecule has 0 aliphatic carbocycles. The lowest BCUT2D eigenvalue weighted by Crippen LogP contribution is -2.51. The van der Waals surface area contributed by atoms with Crippen LogP contribution in [0.1, 0.15) is 35.0 Å². The van der Waals surface area contributed by atoms with Crippen LogP contribution < -0.4 is 21.3 Å². The van der Waals surface area contributed by atoms with Gasteiger partial charge in [0.05, 0.1) is 5.69 Å². The summed E-state index contributed by atoms with van der Waals surface area (Å²) in [4.78, 5) is 23.5. The molecule has 0 radical (unpaired) electrons. The number of aromatic nitrogens is 2. The number of fused-ring (bicyclic) bond motifs is 1. The number of nitrogens with one attached hydrogen (secondary N) is 2. The number of benzene rings is 1. The van der Waals surface area contributed by atoms with Gasteiger partial charge >= 0.3 is 0 Å². The number of carbonyl (C=O) groups excluding carboxylic acids is 1. The topological polar surface area (TPSA) is 96.2 Å². The minimum atomic E-state index is -0.427. The monoisotopic (exact) mass is 366 g/mol. The molecule has 1 saturated heterocycles. The van der Waals surface area contributed by atoms with E-state index >= 15 is 0 Å². The van der Waals surface area contributed by atoms with Crippen molar-refractivity contribution in [3.8, 4) is 11.4 Å². The predicted molar refractivity (Wildman–Crippen MR) is 106 cm³/mol. The van der Waals surface area contributed by atoms with Crippen molar-refractivity contribution in [2.45, 2.75) is 32.4 Å². The van der Waals surface area contributed by atoms with Crippen LogP contribution in [0.15, 0.2) is 24.3 Å². The molecule has 1 atom stereocenters. The van der Waals surface area contributed by atoms with E-state index in [1.807, 2.05) is 12.1 Å². The molecular formula is C20H26N6O. The van der Waals surface area contributed by atoms with Gasteiger partial charge in [0.1, 0.15) is 5.82 Å². The quantitative estimate of drug-likeness (QED) is 0.749. The number of nitrogens with two attached hydrogens (primary N) is 1. The van der Waals surface area contributed by atoms with Gasteiger partial charge < -0.3 is 21.3 Å². The van der Waals surface area contributed by atoms with E-state index in [4.69, 9.17) is 15.7 Å². The first-order chi connectivity index (χ1) is 13.2. The summed E-state index contributed by atoms with van der Waals surface area (Å²) < 4.78 is 0. The van der Waals surface area contributed by atoms with E-state index in [0.717, 1.165) is 62.6 Å². The van der Waals surface area contributed by atoms with Crippen LogP contribution in [0.2, 0.25) is 0 Å². The lowest BCUT2D eigenvalue weighted by molar-refractivity contribution is 0.100. The fourth-order valence-corrected chi connectivity index (χ4v) is 3.81. The Morgan fingerprint density at radius 2 is 2.07 bits per heavy atom. The molecule has 2 aliphatic heterocycles. The summed E-state index contributed by atoms with van der Waals surface area (Å²) in [6.07, 6.45) is 2.05. The zero-order valence-electron chi connectivity index (χ0n) is 15.7. The SMILES string of the molecule is CCC1CN(c2nc(-c3ccc(C(N)=O)cc3)nc3c2CCNC3)CCN1. The van der Waals surface area contributed by atoms with Gasteiger partial charge in [0.2, 0.25) is 5.91 Å². The Kier molecular flexibility index (Phi) is 5.05. The first kappa shape index (κ1) is 17.9. The second-order valence-electron chi connectivity index (χ2n) is 7.17. The average Bonchev–Trinajstić information content (AvgIpc) is 2.73. The van der Waals surface area contributed by atoms with Crippen LogP contribution in [0, 0.1) is 0 Å². The van der Waals surface area contributed by atoms with Crippen molar-refractivity contribution < 1.29 is 4.79 Å². The van der Waals surface area contributed by atoms with Crippen molar-refractivity contribution in [3.63, 3.8) is 0 Å². The van der Waals surface area contributed by atoms with Gasteiger partial charge in [0.25, 0.3) is 0 Å². The van der Waals surface area contributed by atoms with E-state index in [0.29, 0.717) is 17.4 Å². The Morgan fingerprint density at radius 3 is 2.81 bits per heavy atom. The highest BCUT2D eigenvalue weighted by Gasteiger charge is 2.25. The zero-order chi connectivity index (χ0) is 18.8. The van der Waals surface area contributed by atoms with Gasteiger partial charge in [0.15, 0.2) is 5.82 Å². The normalized spacial score (nSPS) is 19.6. The third kappa shape index (κ3) is 3.65. The van der Waals surface area contributed by atoms with Gasteiger partial charge in [-0.15, -0.1) is 0 Å². The molecule has 1 aromatic carbocycles. The smallest absolute Gasteiger partial charge is 0.248 e. The number of anilines is 1. The molecule has 1 fully saturated rings. The first-order valence-corrected chi connectivity index (χ1v) is 9.64. The second kappa shape index (κ2) is 7.62. The molecule has 27 heavy (non-hydrogen) atoms. The number of amides is 1. The summed E-state index contributed by atoms with van der Waals surface area (Å²) in [6.45, 7) is 6.82. The van der Waals surface area contributed by atoms with Gasteiger partial charge in [-0.25, -0.2) is 9.97 Å². The standard InChI is InChI=1S/C20H26N6O/c1-2-15-12-26(10-9-23-15)20-16-7-8-22-11-17(16)24-19(25-20)14-5-3-13(4-6-14)18(21)27/h3-6,15,22-23H,2,7-12H2,1H3,(H2,21,27). The molecule has 7 nitrogen and oxygen atoms in total. The molecule has 7 heteroatoms. The molecule has 1 amide bonds. The van der Waals surface area contributed by atoms with Crippen molar-refractivity contribution in [3.05, 3.63) is 41.1 Å². The Hall–Kier alpha value is -2.51. The number of nitrogens with zero attached hydrogens (tertiary/aromatic N) is 3. The molecule has 1 aromatic heterocycles. The predicted octanol–water partition coefficient (Wildman–Crippen LogP) is 1.08. The average molecular weight is 366 g/mol. The molecule has 2 aliphatic rings. The number of hydrogen-bond acceptors (Lipinski definition) is 6. The van der Waals surface area contributed by atoms with Crippen LogP contribution in [0.5, 0.6) is 0 Å². The Morgan fingerprint density at radius 1 is 1.26 bits per heavy atom. The number of carbonyl (C=O) groups is 1. The van der Waals surface area contributed by atoms with Gasteiger partial charge in [-0.3, -0.25) is 4.79 Å². The maximum atomic E-state index is 11.3. The molecule has 2 aromatic rings. The lowest BCUT2D eigenvalue weighted by Gasteiger charge is -2.36. The van der Waals surface area contributed by atoms with Gasteiger partial charge in [-0.05, 0) is 31.5 Å². The molecule has 0 spiro atoms.